The van der Waals surface area contributed by atoms with Crippen molar-refractivity contribution in [3.63, 3.8) is 0 Å². The zero-order valence-electron chi connectivity index (χ0n) is 20.8. The van der Waals surface area contributed by atoms with Crippen molar-refractivity contribution in [1.82, 2.24) is 15.0 Å². The third-order valence-corrected chi connectivity index (χ3v) is 7.71. The van der Waals surface area contributed by atoms with E-state index in [0.29, 0.717) is 6.04 Å². The van der Waals surface area contributed by atoms with Crippen LogP contribution in [0.25, 0.3) is 10.9 Å². The van der Waals surface area contributed by atoms with Crippen LogP contribution >= 0.6 is 23.2 Å². The lowest BCUT2D eigenvalue weighted by Gasteiger charge is -2.33. The van der Waals surface area contributed by atoms with Gasteiger partial charge in [-0.25, -0.2) is 15.0 Å². The van der Waals surface area contributed by atoms with E-state index in [1.165, 1.54) is 0 Å². The number of aromatic nitrogens is 3. The summed E-state index contributed by atoms with van der Waals surface area (Å²) in [6.45, 7) is 1.91. The van der Waals surface area contributed by atoms with E-state index < -0.39 is 0 Å². The fraction of sp³-hybridized carbons (Fsp3) is 0.194. The summed E-state index contributed by atoms with van der Waals surface area (Å²) in [5, 5.41) is 6.18. The zero-order valence-corrected chi connectivity index (χ0v) is 22.3. The van der Waals surface area contributed by atoms with E-state index in [1.54, 1.807) is 6.33 Å². The van der Waals surface area contributed by atoms with Gasteiger partial charge in [0.1, 0.15) is 18.0 Å². The number of fused-ring (bicyclic) bond motifs is 1. The third-order valence-electron chi connectivity index (χ3n) is 7.21. The van der Waals surface area contributed by atoms with Crippen LogP contribution in [-0.4, -0.2) is 34.1 Å². The standard InChI is InChI=1S/C31H27Cl2N5/c32-24-9-4-21(5-10-24)30(22-6-11-25(33)12-7-22)23-8-13-28-27(19-23)31(36-20-35-28)37-26-14-17-38(18-15-26)29-3-1-2-16-34-29/h1-13,16,19-20,26,30H,14-15,17-18H2,(H,35,36,37). The molecule has 0 radical (unpaired) electrons. The highest BCUT2D eigenvalue weighted by molar-refractivity contribution is 6.30. The molecule has 0 spiro atoms. The van der Waals surface area contributed by atoms with Gasteiger partial charge in [0, 0.05) is 46.7 Å². The Morgan fingerprint density at radius 2 is 1.39 bits per heavy atom. The second-order valence-corrected chi connectivity index (χ2v) is 10.5. The normalized spacial score (nSPS) is 14.2. The van der Waals surface area contributed by atoms with Gasteiger partial charge in [-0.3, -0.25) is 0 Å². The Balaban J connectivity index is 1.30. The number of anilines is 2. The molecule has 38 heavy (non-hydrogen) atoms. The molecule has 1 saturated heterocycles. The van der Waals surface area contributed by atoms with Gasteiger partial charge in [0.15, 0.2) is 0 Å². The number of piperidine rings is 1. The molecule has 6 rings (SSSR count). The summed E-state index contributed by atoms with van der Waals surface area (Å²) in [5.74, 6) is 1.93. The maximum Gasteiger partial charge on any atom is 0.137 e. The molecule has 1 aliphatic heterocycles. The van der Waals surface area contributed by atoms with Crippen LogP contribution in [0.1, 0.15) is 35.4 Å². The number of hydrogen-bond acceptors (Lipinski definition) is 5. The van der Waals surface area contributed by atoms with Gasteiger partial charge < -0.3 is 10.2 Å². The van der Waals surface area contributed by atoms with Crippen molar-refractivity contribution in [2.24, 2.45) is 0 Å². The molecule has 0 aliphatic carbocycles. The average molecular weight is 540 g/mol. The summed E-state index contributed by atoms with van der Waals surface area (Å²) < 4.78 is 0. The summed E-state index contributed by atoms with van der Waals surface area (Å²) in [6, 6.07) is 29.0. The quantitative estimate of drug-likeness (QED) is 0.225. The molecule has 1 N–H and O–H groups in total. The molecule has 2 aromatic heterocycles. The number of hydrogen-bond donors (Lipinski definition) is 1. The van der Waals surface area contributed by atoms with Crippen molar-refractivity contribution in [1.29, 1.82) is 0 Å². The fourth-order valence-electron chi connectivity index (χ4n) is 5.24. The number of pyridine rings is 1. The van der Waals surface area contributed by atoms with Crippen molar-refractivity contribution in [3.05, 3.63) is 124 Å². The van der Waals surface area contributed by atoms with E-state index in [0.717, 1.165) is 75.2 Å². The lowest BCUT2D eigenvalue weighted by molar-refractivity contribution is 0.523. The number of nitrogens with zero attached hydrogens (tertiary/aromatic N) is 4. The van der Waals surface area contributed by atoms with E-state index in [9.17, 15) is 0 Å². The van der Waals surface area contributed by atoms with Crippen LogP contribution in [0.4, 0.5) is 11.6 Å². The molecule has 0 atom stereocenters. The molecule has 0 unspecified atom stereocenters. The van der Waals surface area contributed by atoms with Crippen LogP contribution in [0.15, 0.2) is 97.5 Å². The smallest absolute Gasteiger partial charge is 0.137 e. The number of nitrogens with one attached hydrogen (secondary N) is 1. The first-order valence-electron chi connectivity index (χ1n) is 12.8. The second-order valence-electron chi connectivity index (χ2n) is 9.63. The van der Waals surface area contributed by atoms with Gasteiger partial charge in [0.2, 0.25) is 0 Å². The monoisotopic (exact) mass is 539 g/mol. The van der Waals surface area contributed by atoms with E-state index in [1.807, 2.05) is 42.6 Å². The van der Waals surface area contributed by atoms with Crippen molar-refractivity contribution in [3.8, 4) is 0 Å². The molecule has 1 aliphatic rings. The van der Waals surface area contributed by atoms with E-state index in [2.05, 4.69) is 73.7 Å². The maximum atomic E-state index is 6.22. The van der Waals surface area contributed by atoms with Gasteiger partial charge in [-0.05, 0) is 78.1 Å². The van der Waals surface area contributed by atoms with E-state index in [-0.39, 0.29) is 5.92 Å². The van der Waals surface area contributed by atoms with Crippen molar-refractivity contribution in [2.45, 2.75) is 24.8 Å². The van der Waals surface area contributed by atoms with Crippen LogP contribution < -0.4 is 10.2 Å². The Morgan fingerprint density at radius 3 is 2.03 bits per heavy atom. The van der Waals surface area contributed by atoms with Crippen molar-refractivity contribution < 1.29 is 0 Å². The Bertz CT molecular complexity index is 1470. The maximum absolute atomic E-state index is 6.22. The molecule has 3 aromatic carbocycles. The lowest BCUT2D eigenvalue weighted by Crippen LogP contribution is -2.39. The first-order chi connectivity index (χ1) is 18.6. The SMILES string of the molecule is Clc1ccc(C(c2ccc(Cl)cc2)c2ccc3ncnc(NC4CCN(c5ccccn5)CC4)c3c2)cc1. The summed E-state index contributed by atoms with van der Waals surface area (Å²) in [5.41, 5.74) is 4.39. The Morgan fingerprint density at radius 1 is 0.737 bits per heavy atom. The fourth-order valence-corrected chi connectivity index (χ4v) is 5.50. The lowest BCUT2D eigenvalue weighted by atomic mass is 9.84. The van der Waals surface area contributed by atoms with Crippen LogP contribution in [0, 0.1) is 0 Å². The molecule has 5 aromatic rings. The minimum atomic E-state index is 0.0172. The van der Waals surface area contributed by atoms with Gasteiger partial charge in [0.25, 0.3) is 0 Å². The molecular weight excluding hydrogens is 513 g/mol. The predicted octanol–water partition coefficient (Wildman–Crippen LogP) is 7.59. The Kier molecular flexibility index (Phi) is 7.12. The topological polar surface area (TPSA) is 53.9 Å². The van der Waals surface area contributed by atoms with E-state index in [4.69, 9.17) is 23.2 Å². The van der Waals surface area contributed by atoms with Gasteiger partial charge in [0.05, 0.1) is 5.52 Å². The molecule has 5 nitrogen and oxygen atoms in total. The van der Waals surface area contributed by atoms with Gasteiger partial charge in [-0.15, -0.1) is 0 Å². The Hall–Kier alpha value is -3.67. The third kappa shape index (κ3) is 5.31. The highest BCUT2D eigenvalue weighted by Crippen LogP contribution is 2.35. The number of benzene rings is 3. The largest absolute Gasteiger partial charge is 0.367 e. The zero-order chi connectivity index (χ0) is 25.9. The molecule has 7 heteroatoms. The molecule has 190 valence electrons. The molecular formula is C31H27Cl2N5. The minimum absolute atomic E-state index is 0.0172. The van der Waals surface area contributed by atoms with Gasteiger partial charge >= 0.3 is 0 Å². The predicted molar refractivity (Wildman–Crippen MR) is 156 cm³/mol. The van der Waals surface area contributed by atoms with Crippen LogP contribution in [-0.2, 0) is 0 Å². The van der Waals surface area contributed by atoms with Crippen LogP contribution in [0.3, 0.4) is 0 Å². The van der Waals surface area contributed by atoms with Gasteiger partial charge in [-0.2, -0.15) is 0 Å². The van der Waals surface area contributed by atoms with Crippen molar-refractivity contribution in [2.75, 3.05) is 23.3 Å². The first-order valence-corrected chi connectivity index (χ1v) is 13.6. The molecule has 0 bridgehead atoms. The molecule has 0 saturated carbocycles. The van der Waals surface area contributed by atoms with Gasteiger partial charge in [-0.1, -0.05) is 59.6 Å². The van der Waals surface area contributed by atoms with E-state index >= 15 is 0 Å². The van der Waals surface area contributed by atoms with Crippen molar-refractivity contribution >= 4 is 45.7 Å². The summed E-state index contributed by atoms with van der Waals surface area (Å²) >= 11 is 12.4. The van der Waals surface area contributed by atoms with Crippen LogP contribution in [0.2, 0.25) is 10.0 Å². The highest BCUT2D eigenvalue weighted by Gasteiger charge is 2.22. The second kappa shape index (κ2) is 11.0. The summed E-state index contributed by atoms with van der Waals surface area (Å²) in [7, 11) is 0. The van der Waals surface area contributed by atoms with Crippen LogP contribution in [0.5, 0.6) is 0 Å². The molecule has 3 heterocycles. The number of halogens is 2. The minimum Gasteiger partial charge on any atom is -0.367 e. The first kappa shape index (κ1) is 24.7. The molecule has 0 amide bonds. The Labute approximate surface area is 232 Å². The molecule has 1 fully saturated rings. The average Bonchev–Trinajstić information content (AvgIpc) is 2.96. The highest BCUT2D eigenvalue weighted by atomic mass is 35.5. The summed E-state index contributed by atoms with van der Waals surface area (Å²) in [6.07, 6.45) is 5.52. The summed E-state index contributed by atoms with van der Waals surface area (Å²) in [4.78, 5) is 16.1. The number of rotatable bonds is 6.